The summed E-state index contributed by atoms with van der Waals surface area (Å²) >= 11 is 0. The highest BCUT2D eigenvalue weighted by Crippen LogP contribution is 2.27. The Morgan fingerprint density at radius 1 is 1.12 bits per heavy atom. The van der Waals surface area contributed by atoms with Gasteiger partial charge in [-0.05, 0) is 37.8 Å². The predicted octanol–water partition coefficient (Wildman–Crippen LogP) is 1.77. The number of phenolic OH excluding ortho intramolecular Hbond substituents is 1. The van der Waals surface area contributed by atoms with E-state index in [1.165, 1.54) is 6.07 Å². The maximum Gasteiger partial charge on any atom is 0.261 e. The zero-order chi connectivity index (χ0) is 18.4. The van der Waals surface area contributed by atoms with Crippen molar-refractivity contribution in [3.8, 4) is 11.5 Å². The summed E-state index contributed by atoms with van der Waals surface area (Å²) in [6.07, 6.45) is 3.79. The molecule has 7 heteroatoms. The number of aldehydes is 1. The van der Waals surface area contributed by atoms with Crippen molar-refractivity contribution in [3.63, 3.8) is 0 Å². The first-order valence-corrected chi connectivity index (χ1v) is 9.07. The van der Waals surface area contributed by atoms with Crippen molar-refractivity contribution >= 4 is 12.2 Å². The normalized spacial score (nSPS) is 19.1. The lowest BCUT2D eigenvalue weighted by molar-refractivity contribution is -0.143. The van der Waals surface area contributed by atoms with Gasteiger partial charge in [0.2, 0.25) is 0 Å². The molecular weight excluding hydrogens is 338 g/mol. The number of amides is 1. The standard InChI is InChI=1S/C19H25NO6/c21-12-16-17(22)2-1-3-18(16)26-13-19(23)20(14-4-8-24-9-5-14)15-6-10-25-11-7-15/h1-3,12,14-15,22H,4-11,13H2. The van der Waals surface area contributed by atoms with Gasteiger partial charge in [-0.15, -0.1) is 0 Å². The van der Waals surface area contributed by atoms with Gasteiger partial charge in [0.05, 0.1) is 5.56 Å². The van der Waals surface area contributed by atoms with Gasteiger partial charge in [-0.2, -0.15) is 0 Å². The summed E-state index contributed by atoms with van der Waals surface area (Å²) in [7, 11) is 0. The van der Waals surface area contributed by atoms with E-state index in [1.807, 2.05) is 4.90 Å². The molecule has 0 aliphatic carbocycles. The van der Waals surface area contributed by atoms with E-state index < -0.39 is 0 Å². The molecule has 0 unspecified atom stereocenters. The Labute approximate surface area is 152 Å². The Bertz CT molecular complexity index is 604. The van der Waals surface area contributed by atoms with Crippen molar-refractivity contribution in [3.05, 3.63) is 23.8 Å². The monoisotopic (exact) mass is 363 g/mol. The number of aromatic hydroxyl groups is 1. The van der Waals surface area contributed by atoms with Crippen molar-refractivity contribution in [2.75, 3.05) is 33.0 Å². The van der Waals surface area contributed by atoms with Crippen LogP contribution in [-0.4, -0.2) is 67.3 Å². The van der Waals surface area contributed by atoms with E-state index in [9.17, 15) is 14.7 Å². The van der Waals surface area contributed by atoms with Crippen LogP contribution in [0, 0.1) is 0 Å². The molecule has 2 aliphatic heterocycles. The van der Waals surface area contributed by atoms with Gasteiger partial charge in [-0.1, -0.05) is 6.07 Å². The number of benzene rings is 1. The molecule has 3 rings (SSSR count). The number of hydrogen-bond acceptors (Lipinski definition) is 6. The average molecular weight is 363 g/mol. The number of carbonyl (C=O) groups excluding carboxylic acids is 2. The van der Waals surface area contributed by atoms with E-state index in [-0.39, 0.29) is 41.7 Å². The molecule has 0 atom stereocenters. The van der Waals surface area contributed by atoms with E-state index in [4.69, 9.17) is 14.2 Å². The Morgan fingerprint density at radius 3 is 2.23 bits per heavy atom. The molecule has 0 spiro atoms. The molecule has 0 saturated carbocycles. The number of carbonyl (C=O) groups is 2. The van der Waals surface area contributed by atoms with Crippen LogP contribution in [0.25, 0.3) is 0 Å². The van der Waals surface area contributed by atoms with Crippen molar-refractivity contribution in [1.82, 2.24) is 4.90 Å². The zero-order valence-corrected chi connectivity index (χ0v) is 14.8. The van der Waals surface area contributed by atoms with Crippen LogP contribution in [0.15, 0.2) is 18.2 Å². The van der Waals surface area contributed by atoms with Crippen LogP contribution in [-0.2, 0) is 14.3 Å². The molecule has 142 valence electrons. The molecule has 0 radical (unpaired) electrons. The van der Waals surface area contributed by atoms with Gasteiger partial charge >= 0.3 is 0 Å². The molecule has 26 heavy (non-hydrogen) atoms. The summed E-state index contributed by atoms with van der Waals surface area (Å²) in [5.41, 5.74) is 0.0592. The molecule has 2 heterocycles. The lowest BCUT2D eigenvalue weighted by atomic mass is 10.00. The van der Waals surface area contributed by atoms with Gasteiger partial charge in [0, 0.05) is 38.5 Å². The first-order valence-electron chi connectivity index (χ1n) is 9.07. The van der Waals surface area contributed by atoms with Crippen molar-refractivity contribution in [2.45, 2.75) is 37.8 Å². The second-order valence-corrected chi connectivity index (χ2v) is 6.58. The van der Waals surface area contributed by atoms with Gasteiger partial charge in [-0.3, -0.25) is 9.59 Å². The summed E-state index contributed by atoms with van der Waals surface area (Å²) in [4.78, 5) is 26.1. The minimum Gasteiger partial charge on any atom is -0.507 e. The minimum atomic E-state index is -0.168. The summed E-state index contributed by atoms with van der Waals surface area (Å²) < 4.78 is 16.4. The quantitative estimate of drug-likeness (QED) is 0.776. The van der Waals surface area contributed by atoms with Crippen LogP contribution in [0.2, 0.25) is 0 Å². The van der Waals surface area contributed by atoms with Crippen molar-refractivity contribution in [2.24, 2.45) is 0 Å². The maximum absolute atomic E-state index is 13.0. The fourth-order valence-electron chi connectivity index (χ4n) is 3.62. The second kappa shape index (κ2) is 9.00. The van der Waals surface area contributed by atoms with Crippen molar-refractivity contribution < 1.29 is 28.9 Å². The summed E-state index contributed by atoms with van der Waals surface area (Å²) in [6.45, 7) is 2.44. The van der Waals surface area contributed by atoms with Crippen LogP contribution < -0.4 is 4.74 Å². The largest absolute Gasteiger partial charge is 0.507 e. The van der Waals surface area contributed by atoms with Crippen molar-refractivity contribution in [1.29, 1.82) is 0 Å². The van der Waals surface area contributed by atoms with Crippen LogP contribution in [0.5, 0.6) is 11.5 Å². The second-order valence-electron chi connectivity index (χ2n) is 6.58. The molecule has 0 bridgehead atoms. The summed E-state index contributed by atoms with van der Waals surface area (Å²) in [5, 5.41) is 9.74. The minimum absolute atomic E-state index is 0.0592. The Hall–Kier alpha value is -2.12. The predicted molar refractivity (Wildman–Crippen MR) is 93.5 cm³/mol. The van der Waals surface area contributed by atoms with E-state index >= 15 is 0 Å². The molecule has 1 aromatic rings. The fourth-order valence-corrected chi connectivity index (χ4v) is 3.62. The fraction of sp³-hybridized carbons (Fsp3) is 0.579. The van der Waals surface area contributed by atoms with Crippen LogP contribution in [0.3, 0.4) is 0 Å². The van der Waals surface area contributed by atoms with E-state index in [0.29, 0.717) is 32.7 Å². The first-order chi connectivity index (χ1) is 12.7. The van der Waals surface area contributed by atoms with Gasteiger partial charge in [0.1, 0.15) is 11.5 Å². The molecule has 1 N–H and O–H groups in total. The smallest absolute Gasteiger partial charge is 0.261 e. The third-order valence-corrected chi connectivity index (χ3v) is 4.97. The van der Waals surface area contributed by atoms with Gasteiger partial charge in [0.25, 0.3) is 5.91 Å². The number of nitrogens with zero attached hydrogens (tertiary/aromatic N) is 1. The molecule has 1 aromatic carbocycles. The average Bonchev–Trinajstić information content (AvgIpc) is 2.68. The van der Waals surface area contributed by atoms with Gasteiger partial charge < -0.3 is 24.2 Å². The highest BCUT2D eigenvalue weighted by molar-refractivity contribution is 5.84. The molecule has 2 fully saturated rings. The van der Waals surface area contributed by atoms with E-state index in [2.05, 4.69) is 0 Å². The lowest BCUT2D eigenvalue weighted by Gasteiger charge is -2.41. The third kappa shape index (κ3) is 4.34. The SMILES string of the molecule is O=Cc1c(O)cccc1OCC(=O)N(C1CCOCC1)C1CCOCC1. The molecule has 1 amide bonds. The zero-order valence-electron chi connectivity index (χ0n) is 14.8. The first kappa shape index (κ1) is 18.7. The Kier molecular flexibility index (Phi) is 6.46. The highest BCUT2D eigenvalue weighted by Gasteiger charge is 2.33. The number of ether oxygens (including phenoxy) is 3. The van der Waals surface area contributed by atoms with Crippen LogP contribution >= 0.6 is 0 Å². The third-order valence-electron chi connectivity index (χ3n) is 4.97. The Balaban J connectivity index is 1.70. The van der Waals surface area contributed by atoms with E-state index in [1.54, 1.807) is 12.1 Å². The Morgan fingerprint density at radius 2 is 1.69 bits per heavy atom. The topological polar surface area (TPSA) is 85.3 Å². The molecule has 7 nitrogen and oxygen atoms in total. The van der Waals surface area contributed by atoms with Crippen LogP contribution in [0.4, 0.5) is 0 Å². The summed E-state index contributed by atoms with van der Waals surface area (Å²) in [6, 6.07) is 4.84. The molecule has 2 saturated heterocycles. The summed E-state index contributed by atoms with van der Waals surface area (Å²) in [5.74, 6) is -0.0492. The highest BCUT2D eigenvalue weighted by atomic mass is 16.5. The molecule has 0 aromatic heterocycles. The van der Waals surface area contributed by atoms with Gasteiger partial charge in [-0.25, -0.2) is 0 Å². The number of hydrogen-bond donors (Lipinski definition) is 1. The molecular formula is C19H25NO6. The number of rotatable bonds is 6. The lowest BCUT2D eigenvalue weighted by Crippen LogP contribution is -2.52. The van der Waals surface area contributed by atoms with Crippen LogP contribution in [0.1, 0.15) is 36.0 Å². The van der Waals surface area contributed by atoms with E-state index in [0.717, 1.165) is 25.7 Å². The number of phenols is 1. The maximum atomic E-state index is 13.0. The molecule has 2 aliphatic rings. The van der Waals surface area contributed by atoms with Gasteiger partial charge in [0.15, 0.2) is 12.9 Å².